The van der Waals surface area contributed by atoms with Crippen molar-refractivity contribution in [1.29, 1.82) is 0 Å². The van der Waals surface area contributed by atoms with Crippen molar-refractivity contribution in [3.05, 3.63) is 11.9 Å². The molecule has 0 bridgehead atoms. The lowest BCUT2D eigenvalue weighted by Gasteiger charge is -2.05. The largest absolute Gasteiger partial charge is 0.504 e. The molecule has 0 aromatic carbocycles. The fourth-order valence-corrected chi connectivity index (χ4v) is 0.599. The number of rotatable bonds is 1. The predicted molar refractivity (Wildman–Crippen MR) is 34.1 cm³/mol. The molecule has 0 aliphatic heterocycles. The maximum atomic E-state index is 10.9. The molecular formula is C5H7N3O3. The summed E-state index contributed by atoms with van der Waals surface area (Å²) in [5.74, 6) is -1.02. The summed E-state index contributed by atoms with van der Waals surface area (Å²) >= 11 is 0. The molecule has 0 fully saturated rings. The minimum absolute atomic E-state index is 0.130. The molecule has 0 saturated heterocycles. The minimum atomic E-state index is -0.736. The monoisotopic (exact) mass is 157 g/mol. The molecule has 6 nitrogen and oxygen atoms in total. The van der Waals surface area contributed by atoms with Crippen molar-refractivity contribution in [3.63, 3.8) is 0 Å². The fourth-order valence-electron chi connectivity index (χ4n) is 0.599. The number of aromatic hydroxyl groups is 1. The number of hydroxylamine groups is 2. The topological polar surface area (TPSA) is 89.5 Å². The lowest BCUT2D eigenvalue weighted by Crippen LogP contribution is -2.22. The Hall–Kier alpha value is -1.56. The second-order valence-corrected chi connectivity index (χ2v) is 1.96. The third-order valence-corrected chi connectivity index (χ3v) is 1.13. The van der Waals surface area contributed by atoms with Crippen molar-refractivity contribution < 1.29 is 15.1 Å². The molecule has 0 spiro atoms. The van der Waals surface area contributed by atoms with Gasteiger partial charge in [-0.05, 0) is 0 Å². The fraction of sp³-hybridized carbons (Fsp3) is 0.200. The van der Waals surface area contributed by atoms with Crippen LogP contribution in [-0.2, 0) is 0 Å². The SMILES string of the molecule is CN(O)C(=O)c1[nH]ncc1O. The summed E-state index contributed by atoms with van der Waals surface area (Å²) in [6.07, 6.45) is 1.08. The lowest BCUT2D eigenvalue weighted by atomic mass is 10.4. The van der Waals surface area contributed by atoms with Gasteiger partial charge in [0.05, 0.1) is 6.20 Å². The predicted octanol–water partition coefficient (Wildman–Crippen LogP) is -0.424. The van der Waals surface area contributed by atoms with E-state index in [4.69, 9.17) is 10.3 Å². The van der Waals surface area contributed by atoms with E-state index in [1.54, 1.807) is 0 Å². The minimum Gasteiger partial charge on any atom is -0.504 e. The van der Waals surface area contributed by atoms with Crippen LogP contribution in [0.25, 0.3) is 0 Å². The summed E-state index contributed by atoms with van der Waals surface area (Å²) in [6.45, 7) is 0. The molecule has 1 rings (SSSR count). The standard InChI is InChI=1S/C5H7N3O3/c1-8(11)5(10)4-3(9)2-6-7-4/h2,9,11H,1H3,(H,6,7). The third-order valence-electron chi connectivity index (χ3n) is 1.13. The van der Waals surface area contributed by atoms with Gasteiger partial charge in [-0.15, -0.1) is 0 Å². The molecule has 1 heterocycles. The van der Waals surface area contributed by atoms with Gasteiger partial charge in [-0.25, -0.2) is 5.06 Å². The van der Waals surface area contributed by atoms with Crippen molar-refractivity contribution in [2.45, 2.75) is 0 Å². The Morgan fingerprint density at radius 1 is 1.82 bits per heavy atom. The van der Waals surface area contributed by atoms with Gasteiger partial charge in [0.15, 0.2) is 11.4 Å². The average Bonchev–Trinajstić information content (AvgIpc) is 2.33. The number of carbonyl (C=O) groups is 1. The van der Waals surface area contributed by atoms with Gasteiger partial charge < -0.3 is 5.11 Å². The van der Waals surface area contributed by atoms with Crippen LogP contribution in [0.3, 0.4) is 0 Å². The van der Waals surface area contributed by atoms with E-state index in [0.717, 1.165) is 13.2 Å². The van der Waals surface area contributed by atoms with Crippen LogP contribution in [0.4, 0.5) is 0 Å². The number of hydrogen-bond acceptors (Lipinski definition) is 4. The maximum Gasteiger partial charge on any atom is 0.298 e. The van der Waals surface area contributed by atoms with Gasteiger partial charge in [0.2, 0.25) is 0 Å². The maximum absolute atomic E-state index is 10.9. The van der Waals surface area contributed by atoms with E-state index < -0.39 is 5.91 Å². The van der Waals surface area contributed by atoms with Gasteiger partial charge in [0, 0.05) is 7.05 Å². The Labute approximate surface area is 62.0 Å². The van der Waals surface area contributed by atoms with Gasteiger partial charge in [0.1, 0.15) is 0 Å². The molecule has 0 saturated carbocycles. The van der Waals surface area contributed by atoms with Gasteiger partial charge in [-0.2, -0.15) is 5.10 Å². The summed E-state index contributed by atoms with van der Waals surface area (Å²) in [6, 6.07) is 0. The van der Waals surface area contributed by atoms with Crippen LogP contribution in [-0.4, -0.2) is 38.5 Å². The zero-order chi connectivity index (χ0) is 8.43. The number of amides is 1. The van der Waals surface area contributed by atoms with E-state index in [0.29, 0.717) is 5.06 Å². The van der Waals surface area contributed by atoms with E-state index in [2.05, 4.69) is 10.2 Å². The van der Waals surface area contributed by atoms with Gasteiger partial charge in [-0.1, -0.05) is 0 Å². The van der Waals surface area contributed by atoms with Crippen LogP contribution in [0.5, 0.6) is 5.75 Å². The van der Waals surface area contributed by atoms with E-state index >= 15 is 0 Å². The first-order valence-corrected chi connectivity index (χ1v) is 2.82. The zero-order valence-corrected chi connectivity index (χ0v) is 5.77. The quantitative estimate of drug-likeness (QED) is 0.381. The molecule has 0 aliphatic carbocycles. The Kier molecular flexibility index (Phi) is 1.77. The Bertz CT molecular complexity index is 268. The van der Waals surface area contributed by atoms with Crippen LogP contribution >= 0.6 is 0 Å². The Morgan fingerprint density at radius 3 is 2.82 bits per heavy atom. The first-order chi connectivity index (χ1) is 5.13. The van der Waals surface area contributed by atoms with Crippen molar-refractivity contribution in [2.24, 2.45) is 0 Å². The highest BCUT2D eigenvalue weighted by Gasteiger charge is 2.15. The number of aromatic nitrogens is 2. The molecular weight excluding hydrogens is 150 g/mol. The number of aromatic amines is 1. The summed E-state index contributed by atoms with van der Waals surface area (Å²) in [5, 5.41) is 23.5. The molecule has 1 aromatic rings. The summed E-state index contributed by atoms with van der Waals surface area (Å²) in [4.78, 5) is 10.9. The number of hydrogen-bond donors (Lipinski definition) is 3. The first-order valence-electron chi connectivity index (χ1n) is 2.82. The van der Waals surface area contributed by atoms with Crippen molar-refractivity contribution in [2.75, 3.05) is 7.05 Å². The smallest absolute Gasteiger partial charge is 0.298 e. The molecule has 0 radical (unpaired) electrons. The van der Waals surface area contributed by atoms with Crippen LogP contribution in [0.15, 0.2) is 6.20 Å². The zero-order valence-electron chi connectivity index (χ0n) is 5.77. The summed E-state index contributed by atoms with van der Waals surface area (Å²) < 4.78 is 0. The summed E-state index contributed by atoms with van der Waals surface area (Å²) in [7, 11) is 1.16. The second kappa shape index (κ2) is 2.59. The van der Waals surface area contributed by atoms with E-state index in [-0.39, 0.29) is 11.4 Å². The molecule has 0 aliphatic rings. The first kappa shape index (κ1) is 7.55. The molecule has 0 atom stereocenters. The molecule has 6 heteroatoms. The van der Waals surface area contributed by atoms with Crippen molar-refractivity contribution in [1.82, 2.24) is 15.3 Å². The highest BCUT2D eigenvalue weighted by Crippen LogP contribution is 2.12. The highest BCUT2D eigenvalue weighted by atomic mass is 16.5. The van der Waals surface area contributed by atoms with Gasteiger partial charge >= 0.3 is 0 Å². The third kappa shape index (κ3) is 1.30. The van der Waals surface area contributed by atoms with Crippen LogP contribution in [0.1, 0.15) is 10.5 Å². The van der Waals surface area contributed by atoms with Crippen LogP contribution in [0.2, 0.25) is 0 Å². The Balaban J connectivity index is 2.93. The van der Waals surface area contributed by atoms with Crippen molar-refractivity contribution in [3.8, 4) is 5.75 Å². The number of nitrogens with zero attached hydrogens (tertiary/aromatic N) is 2. The number of nitrogens with one attached hydrogen (secondary N) is 1. The normalized spacial score (nSPS) is 9.64. The van der Waals surface area contributed by atoms with Crippen molar-refractivity contribution >= 4 is 5.91 Å². The van der Waals surface area contributed by atoms with E-state index in [1.807, 2.05) is 0 Å². The lowest BCUT2D eigenvalue weighted by molar-refractivity contribution is -0.0381. The number of H-pyrrole nitrogens is 1. The average molecular weight is 157 g/mol. The second-order valence-electron chi connectivity index (χ2n) is 1.96. The molecule has 1 amide bonds. The van der Waals surface area contributed by atoms with Gasteiger partial charge in [-0.3, -0.25) is 15.1 Å². The molecule has 0 unspecified atom stereocenters. The Morgan fingerprint density at radius 2 is 2.45 bits per heavy atom. The highest BCUT2D eigenvalue weighted by molar-refractivity contribution is 5.93. The van der Waals surface area contributed by atoms with Gasteiger partial charge in [0.25, 0.3) is 5.91 Å². The summed E-state index contributed by atoms with van der Waals surface area (Å²) in [5.41, 5.74) is -0.130. The molecule has 11 heavy (non-hydrogen) atoms. The van der Waals surface area contributed by atoms with Crippen LogP contribution < -0.4 is 0 Å². The van der Waals surface area contributed by atoms with E-state index in [1.165, 1.54) is 0 Å². The molecule has 1 aromatic heterocycles. The number of carbonyl (C=O) groups excluding carboxylic acids is 1. The van der Waals surface area contributed by atoms with E-state index in [9.17, 15) is 4.79 Å². The van der Waals surface area contributed by atoms with Crippen LogP contribution in [0, 0.1) is 0 Å². The molecule has 60 valence electrons. The molecule has 3 N–H and O–H groups in total.